The second-order valence-electron chi connectivity index (χ2n) is 4.51. The van der Waals surface area contributed by atoms with Crippen LogP contribution in [0.2, 0.25) is 0 Å². The smallest absolute Gasteiger partial charge is 0.237 e. The van der Waals surface area contributed by atoms with Gasteiger partial charge in [0, 0.05) is 5.56 Å². The van der Waals surface area contributed by atoms with Crippen LogP contribution in [0.5, 0.6) is 0 Å². The summed E-state index contributed by atoms with van der Waals surface area (Å²) in [5.41, 5.74) is 4.01. The van der Waals surface area contributed by atoms with E-state index in [-0.39, 0.29) is 0 Å². The van der Waals surface area contributed by atoms with Crippen molar-refractivity contribution in [1.82, 2.24) is 4.98 Å². The summed E-state index contributed by atoms with van der Waals surface area (Å²) in [6, 6.07) is 20.4. The van der Waals surface area contributed by atoms with E-state index >= 15 is 0 Å². The van der Waals surface area contributed by atoms with Crippen LogP contribution in [0.15, 0.2) is 70.5 Å². The van der Waals surface area contributed by atoms with Gasteiger partial charge in [0.25, 0.3) is 0 Å². The molecule has 0 bridgehead atoms. The highest BCUT2D eigenvalue weighted by molar-refractivity contribution is 7.13. The fraction of sp³-hybridized carbons (Fsp3) is 0. The van der Waals surface area contributed by atoms with Crippen molar-refractivity contribution >= 4 is 22.4 Å². The second-order valence-corrected chi connectivity index (χ2v) is 5.46. The maximum Gasteiger partial charge on any atom is 0.237 e. The predicted octanol–water partition coefficient (Wildman–Crippen LogP) is 5.22. The first-order valence-corrected chi connectivity index (χ1v) is 7.28. The third-order valence-electron chi connectivity index (χ3n) is 3.24. The molecule has 0 radical (unpaired) electrons. The average molecular weight is 277 g/mol. The molecule has 3 heteroatoms. The summed E-state index contributed by atoms with van der Waals surface area (Å²) in [4.78, 5) is 5.73. The minimum atomic E-state index is 0.693. The molecule has 0 unspecified atom stereocenters. The fourth-order valence-electron chi connectivity index (χ4n) is 2.30. The predicted molar refractivity (Wildman–Crippen MR) is 82.8 cm³/mol. The molecule has 0 atom stereocenters. The van der Waals surface area contributed by atoms with Gasteiger partial charge in [0.1, 0.15) is 5.52 Å². The van der Waals surface area contributed by atoms with Crippen molar-refractivity contribution in [3.05, 3.63) is 66.0 Å². The summed E-state index contributed by atoms with van der Waals surface area (Å²) in [6.07, 6.45) is 0. The Morgan fingerprint density at radius 2 is 1.75 bits per heavy atom. The summed E-state index contributed by atoms with van der Waals surface area (Å²) in [7, 11) is 0. The van der Waals surface area contributed by atoms with Crippen LogP contribution in [0.4, 0.5) is 0 Å². The highest BCUT2D eigenvalue weighted by Crippen LogP contribution is 2.32. The Kier molecular flexibility index (Phi) is 2.64. The maximum absolute atomic E-state index is 5.87. The number of hydrogen-bond acceptors (Lipinski definition) is 3. The normalized spacial score (nSPS) is 11.0. The van der Waals surface area contributed by atoms with E-state index in [0.717, 1.165) is 27.1 Å². The Bertz CT molecular complexity index is 847. The SMILES string of the molecule is c1ccc(-c2cccc3oc(-c4cccs4)nc23)cc1. The lowest BCUT2D eigenvalue weighted by Gasteiger charge is -2.00. The topological polar surface area (TPSA) is 26.0 Å². The number of rotatable bonds is 2. The molecule has 4 rings (SSSR count). The molecule has 2 aromatic heterocycles. The number of para-hydroxylation sites is 1. The molecule has 0 fully saturated rings. The maximum atomic E-state index is 5.87. The van der Waals surface area contributed by atoms with Gasteiger partial charge in [0.05, 0.1) is 4.88 Å². The van der Waals surface area contributed by atoms with Gasteiger partial charge in [0.15, 0.2) is 5.58 Å². The Morgan fingerprint density at radius 3 is 2.55 bits per heavy atom. The lowest BCUT2D eigenvalue weighted by Crippen LogP contribution is -1.79. The first-order chi connectivity index (χ1) is 9.92. The van der Waals surface area contributed by atoms with E-state index in [2.05, 4.69) is 23.2 Å². The first kappa shape index (κ1) is 11.4. The number of thiophene rings is 1. The van der Waals surface area contributed by atoms with E-state index in [4.69, 9.17) is 4.42 Å². The zero-order chi connectivity index (χ0) is 13.4. The second kappa shape index (κ2) is 4.62. The van der Waals surface area contributed by atoms with Gasteiger partial charge in [-0.05, 0) is 23.1 Å². The highest BCUT2D eigenvalue weighted by Gasteiger charge is 2.12. The van der Waals surface area contributed by atoms with Crippen LogP contribution in [0, 0.1) is 0 Å². The van der Waals surface area contributed by atoms with Gasteiger partial charge < -0.3 is 4.42 Å². The molecule has 0 N–H and O–H groups in total. The van der Waals surface area contributed by atoms with Gasteiger partial charge in [-0.2, -0.15) is 0 Å². The largest absolute Gasteiger partial charge is 0.435 e. The van der Waals surface area contributed by atoms with Crippen LogP contribution < -0.4 is 0 Å². The molecule has 0 aliphatic heterocycles. The lowest BCUT2D eigenvalue weighted by atomic mass is 10.0. The number of fused-ring (bicyclic) bond motifs is 1. The van der Waals surface area contributed by atoms with Gasteiger partial charge in [-0.15, -0.1) is 11.3 Å². The van der Waals surface area contributed by atoms with E-state index < -0.39 is 0 Å². The van der Waals surface area contributed by atoms with Crippen molar-refractivity contribution in [3.63, 3.8) is 0 Å². The summed E-state index contributed by atoms with van der Waals surface area (Å²) in [5, 5.41) is 2.03. The third-order valence-corrected chi connectivity index (χ3v) is 4.09. The van der Waals surface area contributed by atoms with Crippen molar-refractivity contribution in [1.29, 1.82) is 0 Å². The fourth-order valence-corrected chi connectivity index (χ4v) is 2.95. The number of oxazole rings is 1. The molecule has 0 amide bonds. The van der Waals surface area contributed by atoms with Crippen molar-refractivity contribution in [2.45, 2.75) is 0 Å². The van der Waals surface area contributed by atoms with Crippen LogP contribution in [0.3, 0.4) is 0 Å². The van der Waals surface area contributed by atoms with E-state index in [1.165, 1.54) is 0 Å². The van der Waals surface area contributed by atoms with Crippen LogP contribution in [0.25, 0.3) is 33.0 Å². The molecule has 0 saturated carbocycles. The van der Waals surface area contributed by atoms with Crippen molar-refractivity contribution in [3.8, 4) is 21.9 Å². The van der Waals surface area contributed by atoms with E-state index in [1.807, 2.05) is 47.8 Å². The zero-order valence-corrected chi connectivity index (χ0v) is 11.4. The molecule has 0 aliphatic rings. The Labute approximate surface area is 120 Å². The number of benzene rings is 2. The van der Waals surface area contributed by atoms with Gasteiger partial charge in [-0.1, -0.05) is 48.5 Å². The van der Waals surface area contributed by atoms with Crippen LogP contribution >= 0.6 is 11.3 Å². The van der Waals surface area contributed by atoms with Crippen molar-refractivity contribution in [2.24, 2.45) is 0 Å². The van der Waals surface area contributed by atoms with Crippen LogP contribution in [-0.4, -0.2) is 4.98 Å². The van der Waals surface area contributed by atoms with Crippen LogP contribution in [0.1, 0.15) is 0 Å². The summed E-state index contributed by atoms with van der Waals surface area (Å²) in [5.74, 6) is 0.693. The van der Waals surface area contributed by atoms with Gasteiger partial charge in [-0.3, -0.25) is 0 Å². The van der Waals surface area contributed by atoms with Gasteiger partial charge in [-0.25, -0.2) is 4.98 Å². The molecule has 0 aliphatic carbocycles. The van der Waals surface area contributed by atoms with Gasteiger partial charge >= 0.3 is 0 Å². The molecule has 4 aromatic rings. The standard InChI is InChI=1S/C17H11NOS/c1-2-6-12(7-3-1)13-8-4-9-14-16(13)18-17(19-14)15-10-5-11-20-15/h1-11H. The Morgan fingerprint density at radius 1 is 0.850 bits per heavy atom. The minimum Gasteiger partial charge on any atom is -0.435 e. The van der Waals surface area contributed by atoms with E-state index in [1.54, 1.807) is 11.3 Å². The zero-order valence-electron chi connectivity index (χ0n) is 10.6. The minimum absolute atomic E-state index is 0.693. The molecule has 20 heavy (non-hydrogen) atoms. The number of hydrogen-bond donors (Lipinski definition) is 0. The monoisotopic (exact) mass is 277 g/mol. The summed E-state index contributed by atoms with van der Waals surface area (Å²) < 4.78 is 5.87. The lowest BCUT2D eigenvalue weighted by molar-refractivity contribution is 0.621. The molecule has 96 valence electrons. The van der Waals surface area contributed by atoms with Crippen molar-refractivity contribution < 1.29 is 4.42 Å². The highest BCUT2D eigenvalue weighted by atomic mass is 32.1. The van der Waals surface area contributed by atoms with E-state index in [9.17, 15) is 0 Å². The quantitative estimate of drug-likeness (QED) is 0.502. The van der Waals surface area contributed by atoms with E-state index in [0.29, 0.717) is 5.89 Å². The number of aromatic nitrogens is 1. The molecule has 0 spiro atoms. The van der Waals surface area contributed by atoms with Gasteiger partial charge in [0.2, 0.25) is 5.89 Å². The van der Waals surface area contributed by atoms with Crippen LogP contribution in [-0.2, 0) is 0 Å². The third kappa shape index (κ3) is 1.84. The summed E-state index contributed by atoms with van der Waals surface area (Å²) >= 11 is 1.64. The molecular formula is C17H11NOS. The molecule has 2 nitrogen and oxygen atoms in total. The number of nitrogens with zero attached hydrogens (tertiary/aromatic N) is 1. The molecule has 0 saturated heterocycles. The first-order valence-electron chi connectivity index (χ1n) is 6.41. The average Bonchev–Trinajstić information content (AvgIpc) is 3.16. The summed E-state index contributed by atoms with van der Waals surface area (Å²) in [6.45, 7) is 0. The molecule has 2 aromatic carbocycles. The molecule has 2 heterocycles. The Balaban J connectivity index is 1.95. The van der Waals surface area contributed by atoms with Crippen molar-refractivity contribution in [2.75, 3.05) is 0 Å². The Hall–Kier alpha value is -2.39. The molecular weight excluding hydrogens is 266 g/mol.